The van der Waals surface area contributed by atoms with E-state index in [4.69, 9.17) is 31.7 Å². The summed E-state index contributed by atoms with van der Waals surface area (Å²) in [5.74, 6) is -0.519. The van der Waals surface area contributed by atoms with Gasteiger partial charge in [0.1, 0.15) is 23.0 Å². The van der Waals surface area contributed by atoms with E-state index in [1.54, 1.807) is 67.5 Å². The fourth-order valence-corrected chi connectivity index (χ4v) is 12.8. The highest BCUT2D eigenvalue weighted by molar-refractivity contribution is 9.10. The van der Waals surface area contributed by atoms with E-state index in [0.717, 1.165) is 39.3 Å². The van der Waals surface area contributed by atoms with E-state index in [1.165, 1.54) is 42.5 Å². The standard InChI is InChI=1S/C33H30F3N3O7S.C25H22BrF2N3O4.C14H20BFO3.O2S/c1-17-37-30(31(44-17)19-7-9-26-27(12-19)46-33(35,36)45-26)22-10-18(20-11-24(34)23(15-40)28(13-20)47(5,42)43)6-8-21(22)25-14-29(38-39(25)4)32(2,3)16-41;1-13-29-22(23(33-13)14-5-8-19-20(9-14)35-25(27,28)34-19)17-10-15(26)6-7-16(17)18-11-21(30-31(18)4)24(2,3)12-32;1-9-6-10(7-12(16)11(9)8-17)15-18-13(2,3)14(4,5)19-15;1-3-2/h6-14,40-41H,15-16H2,1-5H3;5-11,32H,12H2,1-4H3;6-7,17H,8H2,1-5H3;. The molecular formula is C72H72BBrF6N6O16S2. The van der Waals surface area contributed by atoms with Crippen LogP contribution in [0.4, 0.5) is 26.3 Å². The lowest BCUT2D eigenvalue weighted by molar-refractivity contribution is -0.287. The number of alkyl halides is 4. The molecule has 0 amide bonds. The summed E-state index contributed by atoms with van der Waals surface area (Å²) in [6.45, 7) is 19.1. The van der Waals surface area contributed by atoms with Crippen LogP contribution in [0.2, 0.25) is 0 Å². The maximum Gasteiger partial charge on any atom is 0.586 e. The fourth-order valence-electron chi connectivity index (χ4n) is 11.5. The summed E-state index contributed by atoms with van der Waals surface area (Å²) >= 11 is 2.79. The Hall–Kier alpha value is -8.99. The first-order valence-corrected chi connectivity index (χ1v) is 35.2. The summed E-state index contributed by atoms with van der Waals surface area (Å²) in [7, 11) is -0.924. The Labute approximate surface area is 606 Å². The zero-order chi connectivity index (χ0) is 76.3. The number of aromatic nitrogens is 6. The molecule has 3 aliphatic heterocycles. The van der Waals surface area contributed by atoms with Gasteiger partial charge in [0.25, 0.3) is 0 Å². The van der Waals surface area contributed by atoms with Crippen molar-refractivity contribution in [2.45, 2.75) is 129 Å². The van der Waals surface area contributed by atoms with Crippen LogP contribution in [0.25, 0.3) is 78.8 Å². The molecule has 7 heterocycles. The van der Waals surface area contributed by atoms with Crippen molar-refractivity contribution in [2.24, 2.45) is 14.1 Å². The molecule has 4 N–H and O–H groups in total. The van der Waals surface area contributed by atoms with Gasteiger partial charge >= 0.3 is 31.3 Å². The van der Waals surface area contributed by atoms with Gasteiger partial charge in [0, 0.05) is 94.0 Å². The van der Waals surface area contributed by atoms with Crippen LogP contribution in [0.5, 0.6) is 23.0 Å². The average molecular weight is 1550 g/mol. The smallest absolute Gasteiger partial charge is 0.440 e. The van der Waals surface area contributed by atoms with E-state index >= 15 is 4.39 Å². The van der Waals surface area contributed by atoms with Gasteiger partial charge in [-0.1, -0.05) is 67.9 Å². The zero-order valence-corrected chi connectivity index (χ0v) is 61.9. The molecule has 1 saturated heterocycles. The van der Waals surface area contributed by atoms with Crippen LogP contribution in [0.3, 0.4) is 0 Å². The Balaban J connectivity index is 0.000000178. The highest BCUT2D eigenvalue weighted by atomic mass is 79.9. The number of hydrogen-bond acceptors (Lipinski definition) is 20. The highest BCUT2D eigenvalue weighted by Gasteiger charge is 2.52. The molecule has 3 aliphatic rings. The van der Waals surface area contributed by atoms with Crippen molar-refractivity contribution in [1.29, 1.82) is 0 Å². The third-order valence-electron chi connectivity index (χ3n) is 18.0. The van der Waals surface area contributed by atoms with Crippen molar-refractivity contribution in [1.82, 2.24) is 29.5 Å². The molecule has 0 saturated carbocycles. The van der Waals surface area contributed by atoms with Crippen LogP contribution >= 0.6 is 15.9 Å². The van der Waals surface area contributed by atoms with Crippen molar-refractivity contribution >= 4 is 49.9 Å². The number of ether oxygens (including phenoxy) is 4. The lowest BCUT2D eigenvalue weighted by atomic mass is 9.77. The topological polar surface area (TPSA) is 292 Å². The number of benzene rings is 6. The summed E-state index contributed by atoms with van der Waals surface area (Å²) in [5, 5.41) is 47.9. The maximum absolute atomic E-state index is 15.2. The third kappa shape index (κ3) is 16.0. The Morgan fingerprint density at radius 2 is 0.971 bits per heavy atom. The Morgan fingerprint density at radius 1 is 0.548 bits per heavy atom. The first-order chi connectivity index (χ1) is 48.6. The molecule has 0 atom stereocenters. The van der Waals surface area contributed by atoms with Gasteiger partial charge in [-0.3, -0.25) is 9.36 Å². The van der Waals surface area contributed by atoms with Crippen molar-refractivity contribution in [2.75, 3.05) is 19.5 Å². The molecule has 4 aromatic heterocycles. The van der Waals surface area contributed by atoms with E-state index in [0.29, 0.717) is 78.8 Å². The van der Waals surface area contributed by atoms with Gasteiger partial charge in [-0.25, -0.2) is 27.2 Å². The minimum Gasteiger partial charge on any atom is -0.440 e. The monoisotopic (exact) mass is 1540 g/mol. The second-order valence-electron chi connectivity index (χ2n) is 27.1. The molecule has 0 aliphatic carbocycles. The molecular weight excluding hydrogens is 1470 g/mol. The third-order valence-corrected chi connectivity index (χ3v) is 19.6. The Morgan fingerprint density at radius 3 is 1.40 bits per heavy atom. The lowest BCUT2D eigenvalue weighted by Gasteiger charge is -2.32. The molecule has 1 fully saturated rings. The van der Waals surface area contributed by atoms with Crippen LogP contribution in [-0.4, -0.2) is 117 Å². The number of nitrogens with zero attached hydrogens (tertiary/aromatic N) is 6. The second-order valence-corrected chi connectivity index (χ2v) is 30.1. The predicted molar refractivity (Wildman–Crippen MR) is 375 cm³/mol. The summed E-state index contributed by atoms with van der Waals surface area (Å²) in [5.41, 5.74) is 7.01. The van der Waals surface area contributed by atoms with Gasteiger partial charge in [0.2, 0.25) is 0 Å². The Bertz CT molecular complexity index is 5070. The Kier molecular flexibility index (Phi) is 21.8. The van der Waals surface area contributed by atoms with Gasteiger partial charge in [0.05, 0.1) is 65.3 Å². The van der Waals surface area contributed by atoms with Crippen molar-refractivity contribution in [3.63, 3.8) is 0 Å². The van der Waals surface area contributed by atoms with Crippen LogP contribution in [0.1, 0.15) is 95.2 Å². The van der Waals surface area contributed by atoms with E-state index in [9.17, 15) is 45.7 Å². The first-order valence-electron chi connectivity index (χ1n) is 31.9. The van der Waals surface area contributed by atoms with E-state index < -0.39 is 81.4 Å². The average Bonchev–Trinajstić information content (AvgIpc) is 1.49. The highest BCUT2D eigenvalue weighted by Crippen LogP contribution is 2.49. The maximum atomic E-state index is 15.2. The fraction of sp³-hybridized carbons (Fsp3) is 0.333. The molecule has 10 aromatic rings. The largest absolute Gasteiger partial charge is 0.586 e. The van der Waals surface area contributed by atoms with Gasteiger partial charge in [0.15, 0.2) is 56.1 Å². The lowest BCUT2D eigenvalue weighted by Crippen LogP contribution is -2.41. The van der Waals surface area contributed by atoms with Crippen LogP contribution in [0.15, 0.2) is 127 Å². The minimum atomic E-state index is -3.92. The summed E-state index contributed by atoms with van der Waals surface area (Å²) in [4.78, 5) is 8.93. The molecule has 22 nitrogen and oxygen atoms in total. The van der Waals surface area contributed by atoms with Gasteiger partial charge < -0.3 is 57.5 Å². The summed E-state index contributed by atoms with van der Waals surface area (Å²) in [6.07, 6.45) is -6.61. The minimum absolute atomic E-state index is 0.0476. The number of rotatable bonds is 15. The molecule has 32 heteroatoms. The molecule has 0 radical (unpaired) electrons. The number of fused-ring (bicyclic) bond motifs is 2. The predicted octanol–water partition coefficient (Wildman–Crippen LogP) is 13.3. The van der Waals surface area contributed by atoms with Crippen molar-refractivity contribution in [3.8, 4) is 102 Å². The van der Waals surface area contributed by atoms with Crippen LogP contribution < -0.4 is 24.4 Å². The van der Waals surface area contributed by atoms with Crippen LogP contribution in [0, 0.1) is 32.4 Å². The molecule has 0 spiro atoms. The molecule has 550 valence electrons. The summed E-state index contributed by atoms with van der Waals surface area (Å²) < 4.78 is 172. The molecule has 13 rings (SSSR count). The number of aliphatic hydroxyl groups excluding tert-OH is 4. The second kappa shape index (κ2) is 29.2. The molecule has 104 heavy (non-hydrogen) atoms. The zero-order valence-electron chi connectivity index (χ0n) is 58.6. The van der Waals surface area contributed by atoms with Gasteiger partial charge in [-0.15, -0.1) is 17.6 Å². The number of aryl methyl sites for hydroxylation is 5. The SMILES string of the molecule is Cc1cc(B2OC(C)(C)C(C)(C)O2)cc(F)c1CO.Cc1nc(-c2cc(-c3cc(F)c(CO)c(S(C)(=O)=O)c3)ccc2-c2cc(C(C)(C)CO)nn2C)c(-c2ccc3c(c2)OC(F)(F)O3)o1.Cc1nc(-c2cc(Br)ccc2-c2cc(C(C)(C)CO)nn2C)c(-c2ccc3c(c2)OC(F)(F)O3)o1.O=S=O. The number of aliphatic hydroxyl groups is 4. The number of sulfone groups is 1. The first kappa shape index (κ1) is 77.6. The number of halogens is 7. The van der Waals surface area contributed by atoms with E-state index in [1.807, 2.05) is 92.8 Å². The number of hydrogen-bond donors (Lipinski definition) is 4. The normalized spacial score (nSPS) is 15.2. The van der Waals surface area contributed by atoms with Crippen molar-refractivity contribution in [3.05, 3.63) is 165 Å². The quantitative estimate of drug-likeness (QED) is 0.0548. The van der Waals surface area contributed by atoms with Gasteiger partial charge in [-0.05, 0) is 142 Å². The summed E-state index contributed by atoms with van der Waals surface area (Å²) in [6, 6.07) is 28.9. The molecule has 0 unspecified atom stereocenters. The van der Waals surface area contributed by atoms with E-state index in [-0.39, 0.29) is 70.5 Å². The number of oxazole rings is 2. The molecule has 6 aromatic carbocycles. The van der Waals surface area contributed by atoms with Crippen molar-refractivity contribution < 1.29 is 101 Å². The van der Waals surface area contributed by atoms with Crippen LogP contribution in [-0.2, 0) is 68.9 Å². The van der Waals surface area contributed by atoms with Gasteiger partial charge in [-0.2, -0.15) is 18.6 Å². The molecule has 0 bridgehead atoms. The van der Waals surface area contributed by atoms with E-state index in [2.05, 4.69) is 55.0 Å².